The van der Waals surface area contributed by atoms with E-state index in [1.807, 2.05) is 47.6 Å². The molecule has 3 rings (SSSR count). The predicted octanol–water partition coefficient (Wildman–Crippen LogP) is 3.90. The number of nitrogens with zero attached hydrogens (tertiary/aromatic N) is 1. The van der Waals surface area contributed by atoms with Gasteiger partial charge < -0.3 is 4.74 Å². The van der Waals surface area contributed by atoms with Gasteiger partial charge in [0.15, 0.2) is 0 Å². The summed E-state index contributed by atoms with van der Waals surface area (Å²) >= 11 is 0. The van der Waals surface area contributed by atoms with Gasteiger partial charge in [-0.1, -0.05) is 53.4 Å². The Kier molecular flexibility index (Phi) is 7.47. The Balaban J connectivity index is 2.27. The summed E-state index contributed by atoms with van der Waals surface area (Å²) in [6.07, 6.45) is 2.54. The molecule has 0 unspecified atom stereocenters. The van der Waals surface area contributed by atoms with Gasteiger partial charge in [-0.2, -0.15) is 0 Å². The highest BCUT2D eigenvalue weighted by Crippen LogP contribution is 2.36. The molecule has 0 bridgehead atoms. The van der Waals surface area contributed by atoms with Crippen LogP contribution in [0.25, 0.3) is 5.69 Å². The molecule has 1 aromatic heterocycles. The normalized spacial score (nSPS) is 12.0. The maximum atomic E-state index is 12.5. The second kappa shape index (κ2) is 9.94. The van der Waals surface area contributed by atoms with E-state index in [-0.39, 0.29) is 10.8 Å². The maximum Gasteiger partial charge on any atom is 0.332 e. The van der Waals surface area contributed by atoms with E-state index in [2.05, 4.69) is 21.5 Å². The lowest BCUT2D eigenvalue weighted by molar-refractivity contribution is 0.396. The first-order chi connectivity index (χ1) is 17.0. The summed E-state index contributed by atoms with van der Waals surface area (Å²) < 4.78 is 33.1. The highest BCUT2D eigenvalue weighted by molar-refractivity contribution is 7.92. The molecule has 0 fully saturated rings. The molecule has 0 aliphatic carbocycles. The molecular formula is C28H33N3O5S. The monoisotopic (exact) mass is 523 g/mol. The van der Waals surface area contributed by atoms with E-state index < -0.39 is 21.3 Å². The zero-order valence-corrected chi connectivity index (χ0v) is 23.3. The van der Waals surface area contributed by atoms with E-state index in [0.717, 1.165) is 22.9 Å². The molecule has 0 aliphatic rings. The molecule has 0 saturated carbocycles. The molecule has 0 amide bonds. The van der Waals surface area contributed by atoms with Crippen LogP contribution in [0.5, 0.6) is 5.75 Å². The molecule has 196 valence electrons. The SMILES string of the molecule is COc1c(C#Cc2ccc(NS(C)(=O)=O)cc2C(C)(C)C)cc(-n2ccc(=O)[nH]c2=O)cc1C(C)(C)C. The lowest BCUT2D eigenvalue weighted by Crippen LogP contribution is -2.28. The Morgan fingerprint density at radius 1 is 0.892 bits per heavy atom. The van der Waals surface area contributed by atoms with Gasteiger partial charge >= 0.3 is 5.69 Å². The van der Waals surface area contributed by atoms with Crippen LogP contribution >= 0.6 is 0 Å². The van der Waals surface area contributed by atoms with Crippen molar-refractivity contribution < 1.29 is 13.2 Å². The van der Waals surface area contributed by atoms with Gasteiger partial charge in [-0.15, -0.1) is 0 Å². The Morgan fingerprint density at radius 2 is 1.51 bits per heavy atom. The van der Waals surface area contributed by atoms with Crippen LogP contribution in [0.15, 0.2) is 52.2 Å². The van der Waals surface area contributed by atoms with E-state index in [9.17, 15) is 18.0 Å². The number of H-pyrrole nitrogens is 1. The van der Waals surface area contributed by atoms with Gasteiger partial charge in [0.2, 0.25) is 10.0 Å². The zero-order chi connectivity index (χ0) is 27.8. The number of aromatic nitrogens is 2. The Bertz CT molecular complexity index is 1620. The van der Waals surface area contributed by atoms with E-state index >= 15 is 0 Å². The fourth-order valence-electron chi connectivity index (χ4n) is 3.93. The summed E-state index contributed by atoms with van der Waals surface area (Å²) in [6.45, 7) is 12.2. The van der Waals surface area contributed by atoms with Crippen LogP contribution in [0.2, 0.25) is 0 Å². The minimum Gasteiger partial charge on any atom is -0.495 e. The van der Waals surface area contributed by atoms with Crippen LogP contribution in [-0.4, -0.2) is 31.3 Å². The molecule has 0 saturated heterocycles. The number of benzene rings is 2. The Morgan fingerprint density at radius 3 is 2.05 bits per heavy atom. The number of nitrogens with one attached hydrogen (secondary N) is 2. The van der Waals surface area contributed by atoms with Crippen molar-refractivity contribution in [1.29, 1.82) is 0 Å². The average Bonchev–Trinajstić information content (AvgIpc) is 2.75. The third kappa shape index (κ3) is 6.71. The average molecular weight is 524 g/mol. The fourth-order valence-corrected chi connectivity index (χ4v) is 4.48. The van der Waals surface area contributed by atoms with Crippen molar-refractivity contribution in [2.75, 3.05) is 18.1 Å². The number of methoxy groups -OCH3 is 1. The smallest absolute Gasteiger partial charge is 0.332 e. The number of rotatable bonds is 4. The summed E-state index contributed by atoms with van der Waals surface area (Å²) in [6, 6.07) is 10.1. The lowest BCUT2D eigenvalue weighted by Gasteiger charge is -2.24. The van der Waals surface area contributed by atoms with Crippen molar-refractivity contribution >= 4 is 15.7 Å². The van der Waals surface area contributed by atoms with E-state index in [4.69, 9.17) is 4.74 Å². The molecule has 8 nitrogen and oxygen atoms in total. The quantitative estimate of drug-likeness (QED) is 0.504. The van der Waals surface area contributed by atoms with Gasteiger partial charge in [0.1, 0.15) is 5.75 Å². The van der Waals surface area contributed by atoms with Crippen molar-refractivity contribution in [2.24, 2.45) is 0 Å². The summed E-state index contributed by atoms with van der Waals surface area (Å²) in [7, 11) is -1.85. The van der Waals surface area contributed by atoms with Crippen LogP contribution in [-0.2, 0) is 20.9 Å². The zero-order valence-electron chi connectivity index (χ0n) is 22.4. The van der Waals surface area contributed by atoms with Gasteiger partial charge in [-0.25, -0.2) is 13.2 Å². The van der Waals surface area contributed by atoms with Crippen LogP contribution in [0.4, 0.5) is 5.69 Å². The molecule has 0 atom stereocenters. The largest absolute Gasteiger partial charge is 0.495 e. The maximum absolute atomic E-state index is 12.5. The van der Waals surface area contributed by atoms with Gasteiger partial charge in [-0.3, -0.25) is 19.1 Å². The van der Waals surface area contributed by atoms with Crippen molar-refractivity contribution in [3.05, 3.63) is 85.7 Å². The topological polar surface area (TPSA) is 110 Å². The molecule has 3 aromatic rings. The second-order valence-electron chi connectivity index (χ2n) is 10.9. The molecule has 0 aliphatic heterocycles. The van der Waals surface area contributed by atoms with Crippen LogP contribution in [0, 0.1) is 11.8 Å². The Hall–Kier alpha value is -3.77. The minimum absolute atomic E-state index is 0.315. The van der Waals surface area contributed by atoms with Crippen LogP contribution in [0.1, 0.15) is 63.8 Å². The highest BCUT2D eigenvalue weighted by atomic mass is 32.2. The molecule has 2 N–H and O–H groups in total. The number of hydrogen-bond donors (Lipinski definition) is 2. The van der Waals surface area contributed by atoms with E-state index in [0.29, 0.717) is 22.7 Å². The minimum atomic E-state index is -3.43. The van der Waals surface area contributed by atoms with Gasteiger partial charge in [0, 0.05) is 29.1 Å². The molecule has 0 spiro atoms. The van der Waals surface area contributed by atoms with Crippen molar-refractivity contribution in [3.8, 4) is 23.3 Å². The number of ether oxygens (including phenoxy) is 1. The Labute approximate surface area is 217 Å². The van der Waals surface area contributed by atoms with Gasteiger partial charge in [0.25, 0.3) is 5.56 Å². The van der Waals surface area contributed by atoms with Crippen molar-refractivity contribution in [2.45, 2.75) is 52.4 Å². The number of sulfonamides is 1. The predicted molar refractivity (Wildman–Crippen MR) is 148 cm³/mol. The van der Waals surface area contributed by atoms with E-state index in [1.165, 1.54) is 16.8 Å². The number of anilines is 1. The molecular weight excluding hydrogens is 490 g/mol. The molecule has 37 heavy (non-hydrogen) atoms. The van der Waals surface area contributed by atoms with Crippen molar-refractivity contribution in [1.82, 2.24) is 9.55 Å². The van der Waals surface area contributed by atoms with Crippen LogP contribution < -0.4 is 20.7 Å². The lowest BCUT2D eigenvalue weighted by atomic mass is 9.83. The van der Waals surface area contributed by atoms with Crippen LogP contribution in [0.3, 0.4) is 0 Å². The third-order valence-corrected chi connectivity index (χ3v) is 6.26. The third-order valence-electron chi connectivity index (χ3n) is 5.65. The summed E-state index contributed by atoms with van der Waals surface area (Å²) in [5.74, 6) is 7.03. The second-order valence-corrected chi connectivity index (χ2v) is 12.7. The highest BCUT2D eigenvalue weighted by Gasteiger charge is 2.23. The number of aromatic amines is 1. The fraction of sp³-hybridized carbons (Fsp3) is 0.357. The molecule has 0 radical (unpaired) electrons. The van der Waals surface area contributed by atoms with Gasteiger partial charge in [0.05, 0.1) is 24.6 Å². The first kappa shape index (κ1) is 27.8. The summed E-state index contributed by atoms with van der Waals surface area (Å²) in [5.41, 5.74) is 2.35. The summed E-state index contributed by atoms with van der Waals surface area (Å²) in [5, 5.41) is 0. The first-order valence-electron chi connectivity index (χ1n) is 11.7. The number of hydrogen-bond acceptors (Lipinski definition) is 5. The standard InChI is InChI=1S/C28H33N3O5S/c1-27(2,3)22-16-20(30-37(8,34)35)12-11-18(22)9-10-19-15-21(31-14-13-24(32)29-26(31)33)17-23(25(19)36-7)28(4,5)6/h11-17,30H,1-8H3,(H,29,32,33). The summed E-state index contributed by atoms with van der Waals surface area (Å²) in [4.78, 5) is 26.4. The first-order valence-corrected chi connectivity index (χ1v) is 13.6. The molecule has 1 heterocycles. The van der Waals surface area contributed by atoms with E-state index in [1.54, 1.807) is 31.4 Å². The van der Waals surface area contributed by atoms with Gasteiger partial charge in [-0.05, 0) is 46.7 Å². The van der Waals surface area contributed by atoms with Crippen molar-refractivity contribution in [3.63, 3.8) is 0 Å². The molecule has 2 aromatic carbocycles. The molecule has 9 heteroatoms.